The molecule has 0 spiro atoms. The summed E-state index contributed by atoms with van der Waals surface area (Å²) >= 11 is 0. The van der Waals surface area contributed by atoms with E-state index in [1.54, 1.807) is 24.8 Å². The van der Waals surface area contributed by atoms with E-state index in [1.807, 2.05) is 25.2 Å². The molecule has 0 aliphatic carbocycles. The first-order chi connectivity index (χ1) is 11.8. The van der Waals surface area contributed by atoms with Crippen LogP contribution < -0.4 is 0 Å². The fourth-order valence-corrected chi connectivity index (χ4v) is 2.93. The molecule has 136 valence electrons. The molecule has 1 heterocycles. The minimum absolute atomic E-state index is 0.0155. The molecule has 4 nitrogen and oxygen atoms in total. The second-order valence-electron chi connectivity index (χ2n) is 7.37. The number of amides is 1. The first-order valence-corrected chi connectivity index (χ1v) is 9.18. The van der Waals surface area contributed by atoms with Crippen LogP contribution in [-0.4, -0.2) is 59.6 Å². The van der Waals surface area contributed by atoms with Crippen molar-refractivity contribution in [3.8, 4) is 11.8 Å². The third-order valence-corrected chi connectivity index (χ3v) is 4.42. The number of aliphatic hydroxyl groups is 1. The highest BCUT2D eigenvalue weighted by Gasteiger charge is 2.14. The Kier molecular flexibility index (Phi) is 7.04. The van der Waals surface area contributed by atoms with E-state index in [0.29, 0.717) is 5.56 Å². The number of hydrogen-bond acceptors (Lipinski definition) is 3. The summed E-state index contributed by atoms with van der Waals surface area (Å²) in [5.41, 5.74) is 0.346. The monoisotopic (exact) mass is 342 g/mol. The van der Waals surface area contributed by atoms with Gasteiger partial charge in [0.25, 0.3) is 5.91 Å². The van der Waals surface area contributed by atoms with E-state index >= 15 is 0 Å². The molecule has 0 saturated carbocycles. The van der Waals surface area contributed by atoms with Crippen molar-refractivity contribution in [3.63, 3.8) is 0 Å². The maximum Gasteiger partial charge on any atom is 0.253 e. The average molecular weight is 342 g/mol. The van der Waals surface area contributed by atoms with Gasteiger partial charge >= 0.3 is 0 Å². The molecule has 1 amide bonds. The number of likely N-dealkylation sites (tertiary alicyclic amines) is 1. The third kappa shape index (κ3) is 6.89. The second-order valence-corrected chi connectivity index (χ2v) is 7.37. The van der Waals surface area contributed by atoms with Crippen molar-refractivity contribution >= 4 is 5.91 Å². The fourth-order valence-electron chi connectivity index (χ4n) is 2.93. The zero-order valence-electron chi connectivity index (χ0n) is 15.7. The van der Waals surface area contributed by atoms with E-state index in [9.17, 15) is 9.90 Å². The SMILES string of the molecule is CN(CCN1CCCCCC1)C(=O)c1cccc(C#CC(C)(C)O)c1. The van der Waals surface area contributed by atoms with Crippen LogP contribution in [0.5, 0.6) is 0 Å². The molecule has 1 fully saturated rings. The Balaban J connectivity index is 1.95. The zero-order valence-corrected chi connectivity index (χ0v) is 15.7. The van der Waals surface area contributed by atoms with Gasteiger partial charge in [0, 0.05) is 31.3 Å². The Labute approximate surface area is 151 Å². The molecule has 1 aliphatic heterocycles. The lowest BCUT2D eigenvalue weighted by atomic mass is 10.1. The van der Waals surface area contributed by atoms with Crippen LogP contribution in [0, 0.1) is 11.8 Å². The van der Waals surface area contributed by atoms with Gasteiger partial charge in [-0.25, -0.2) is 0 Å². The second kappa shape index (κ2) is 9.03. The summed E-state index contributed by atoms with van der Waals surface area (Å²) in [5.74, 6) is 5.73. The third-order valence-electron chi connectivity index (χ3n) is 4.42. The van der Waals surface area contributed by atoms with Crippen LogP contribution in [0.2, 0.25) is 0 Å². The van der Waals surface area contributed by atoms with E-state index in [2.05, 4.69) is 16.7 Å². The first kappa shape index (κ1) is 19.5. The Morgan fingerprint density at radius 3 is 2.56 bits per heavy atom. The van der Waals surface area contributed by atoms with Crippen LogP contribution in [0.4, 0.5) is 0 Å². The molecule has 1 N–H and O–H groups in total. The van der Waals surface area contributed by atoms with Crippen LogP contribution in [0.1, 0.15) is 55.5 Å². The molecule has 0 atom stereocenters. The van der Waals surface area contributed by atoms with Crippen molar-refractivity contribution in [2.75, 3.05) is 33.2 Å². The highest BCUT2D eigenvalue weighted by atomic mass is 16.3. The van der Waals surface area contributed by atoms with Crippen LogP contribution in [0.15, 0.2) is 24.3 Å². The number of rotatable bonds is 4. The Morgan fingerprint density at radius 1 is 1.24 bits per heavy atom. The van der Waals surface area contributed by atoms with Crippen molar-refractivity contribution < 1.29 is 9.90 Å². The Bertz CT molecular complexity index is 629. The highest BCUT2D eigenvalue weighted by Crippen LogP contribution is 2.11. The van der Waals surface area contributed by atoms with Crippen molar-refractivity contribution in [3.05, 3.63) is 35.4 Å². The van der Waals surface area contributed by atoms with Gasteiger partial charge in [-0.05, 0) is 58.0 Å². The molecular formula is C21H30N2O2. The van der Waals surface area contributed by atoms with Crippen LogP contribution >= 0.6 is 0 Å². The summed E-state index contributed by atoms with van der Waals surface area (Å²) in [5, 5.41) is 9.71. The Hall–Kier alpha value is -1.83. The van der Waals surface area contributed by atoms with Crippen LogP contribution in [0.3, 0.4) is 0 Å². The van der Waals surface area contributed by atoms with Crippen molar-refractivity contribution in [2.45, 2.75) is 45.1 Å². The van der Waals surface area contributed by atoms with Crippen LogP contribution in [0.25, 0.3) is 0 Å². The number of hydrogen-bond donors (Lipinski definition) is 1. The van der Waals surface area contributed by atoms with E-state index in [-0.39, 0.29) is 5.91 Å². The van der Waals surface area contributed by atoms with E-state index < -0.39 is 5.60 Å². The number of carbonyl (C=O) groups is 1. The first-order valence-electron chi connectivity index (χ1n) is 9.18. The van der Waals surface area contributed by atoms with Gasteiger partial charge in [0.1, 0.15) is 5.60 Å². The smallest absolute Gasteiger partial charge is 0.253 e. The topological polar surface area (TPSA) is 43.8 Å². The van der Waals surface area contributed by atoms with E-state index in [0.717, 1.165) is 31.7 Å². The van der Waals surface area contributed by atoms with Gasteiger partial charge in [0.2, 0.25) is 0 Å². The molecule has 0 bridgehead atoms. The number of nitrogens with zero attached hydrogens (tertiary/aromatic N) is 2. The summed E-state index contributed by atoms with van der Waals surface area (Å²) in [6.07, 6.45) is 5.17. The predicted molar refractivity (Wildman–Crippen MR) is 101 cm³/mol. The molecular weight excluding hydrogens is 312 g/mol. The van der Waals surface area contributed by atoms with Gasteiger partial charge in [-0.2, -0.15) is 0 Å². The van der Waals surface area contributed by atoms with Crippen LogP contribution in [-0.2, 0) is 0 Å². The molecule has 4 heteroatoms. The van der Waals surface area contributed by atoms with E-state index in [4.69, 9.17) is 0 Å². The average Bonchev–Trinajstić information content (AvgIpc) is 2.85. The maximum atomic E-state index is 12.6. The van der Waals surface area contributed by atoms with Crippen molar-refractivity contribution in [1.82, 2.24) is 9.80 Å². The maximum absolute atomic E-state index is 12.6. The molecule has 2 rings (SSSR count). The molecule has 1 aliphatic rings. The fraction of sp³-hybridized carbons (Fsp3) is 0.571. The minimum atomic E-state index is -1.04. The summed E-state index contributed by atoms with van der Waals surface area (Å²) in [7, 11) is 1.86. The summed E-state index contributed by atoms with van der Waals surface area (Å²) < 4.78 is 0. The van der Waals surface area contributed by atoms with Gasteiger partial charge in [-0.15, -0.1) is 0 Å². The van der Waals surface area contributed by atoms with Gasteiger partial charge in [-0.3, -0.25) is 4.79 Å². The van der Waals surface area contributed by atoms with Gasteiger partial charge in [0.05, 0.1) is 0 Å². The molecule has 1 saturated heterocycles. The molecule has 0 radical (unpaired) electrons. The molecule has 1 aromatic carbocycles. The molecule has 1 aromatic rings. The minimum Gasteiger partial charge on any atom is -0.378 e. The number of carbonyl (C=O) groups excluding carboxylic acids is 1. The molecule has 25 heavy (non-hydrogen) atoms. The predicted octanol–water partition coefficient (Wildman–Crippen LogP) is 2.76. The van der Waals surface area contributed by atoms with Crippen molar-refractivity contribution in [2.24, 2.45) is 0 Å². The number of benzene rings is 1. The van der Waals surface area contributed by atoms with Gasteiger partial charge in [-0.1, -0.05) is 30.7 Å². The van der Waals surface area contributed by atoms with Crippen molar-refractivity contribution in [1.29, 1.82) is 0 Å². The largest absolute Gasteiger partial charge is 0.378 e. The lowest BCUT2D eigenvalue weighted by molar-refractivity contribution is 0.0778. The van der Waals surface area contributed by atoms with Gasteiger partial charge < -0.3 is 14.9 Å². The quantitative estimate of drug-likeness (QED) is 0.856. The lowest BCUT2D eigenvalue weighted by Crippen LogP contribution is -2.36. The van der Waals surface area contributed by atoms with Gasteiger partial charge in [0.15, 0.2) is 0 Å². The standard InChI is InChI=1S/C21H30N2O2/c1-21(2,25)12-11-18-9-8-10-19(17-18)20(24)22(3)15-16-23-13-6-4-5-7-14-23/h8-10,17,25H,4-7,13-16H2,1-3H3. The highest BCUT2D eigenvalue weighted by molar-refractivity contribution is 5.94. The lowest BCUT2D eigenvalue weighted by Gasteiger charge is -2.24. The zero-order chi connectivity index (χ0) is 18.3. The normalized spacial score (nSPS) is 15.8. The molecule has 0 aromatic heterocycles. The Morgan fingerprint density at radius 2 is 1.92 bits per heavy atom. The van der Waals surface area contributed by atoms with E-state index in [1.165, 1.54) is 25.7 Å². The number of likely N-dealkylation sites (N-methyl/N-ethyl adjacent to an activating group) is 1. The summed E-state index contributed by atoms with van der Waals surface area (Å²) in [6, 6.07) is 7.31. The molecule has 0 unspecified atom stereocenters. The summed E-state index contributed by atoms with van der Waals surface area (Å²) in [4.78, 5) is 16.9. The summed E-state index contributed by atoms with van der Waals surface area (Å²) in [6.45, 7) is 7.24.